The van der Waals surface area contributed by atoms with Gasteiger partial charge in [-0.25, -0.2) is 0 Å². The van der Waals surface area contributed by atoms with Crippen molar-refractivity contribution < 1.29 is 0 Å². The second-order valence-corrected chi connectivity index (χ2v) is 4.56. The maximum Gasteiger partial charge on any atom is 0.0597 e. The molecular formula is C11H15N3S. The van der Waals surface area contributed by atoms with E-state index in [2.05, 4.69) is 28.0 Å². The lowest BCUT2D eigenvalue weighted by Gasteiger charge is -2.10. The first kappa shape index (κ1) is 10.4. The van der Waals surface area contributed by atoms with E-state index in [9.17, 15) is 0 Å². The van der Waals surface area contributed by atoms with Crippen LogP contribution in [-0.4, -0.2) is 9.78 Å². The predicted octanol–water partition coefficient (Wildman–Crippen LogP) is 2.03. The van der Waals surface area contributed by atoms with Crippen LogP contribution < -0.4 is 5.73 Å². The van der Waals surface area contributed by atoms with Gasteiger partial charge in [0.2, 0.25) is 0 Å². The van der Waals surface area contributed by atoms with Gasteiger partial charge in [0.05, 0.1) is 17.4 Å². The molecule has 3 nitrogen and oxygen atoms in total. The van der Waals surface area contributed by atoms with Crippen LogP contribution in [0.1, 0.15) is 23.0 Å². The van der Waals surface area contributed by atoms with Crippen LogP contribution in [0.25, 0.3) is 0 Å². The zero-order chi connectivity index (χ0) is 10.8. The molecule has 0 aliphatic rings. The molecule has 4 heteroatoms. The zero-order valence-electron chi connectivity index (χ0n) is 8.97. The molecule has 2 aromatic rings. The third-order valence-corrected chi connectivity index (χ3v) is 3.19. The third kappa shape index (κ3) is 2.27. The minimum atomic E-state index is 0.0331. The fraction of sp³-hybridized carbons (Fsp3) is 0.364. The number of rotatable bonds is 3. The number of nitrogens with zero attached hydrogens (tertiary/aromatic N) is 2. The standard InChI is InChI=1S/C11H15N3S/c1-8-5-11(14(2)13-8)10(12)6-9-3-4-15-7-9/h3-5,7,10H,6,12H2,1-2H3. The molecule has 0 aliphatic carbocycles. The van der Waals surface area contributed by atoms with E-state index in [-0.39, 0.29) is 6.04 Å². The van der Waals surface area contributed by atoms with Gasteiger partial charge in [0.15, 0.2) is 0 Å². The maximum atomic E-state index is 6.14. The van der Waals surface area contributed by atoms with Gasteiger partial charge >= 0.3 is 0 Å². The molecule has 2 heterocycles. The van der Waals surface area contributed by atoms with E-state index in [1.54, 1.807) is 11.3 Å². The smallest absolute Gasteiger partial charge is 0.0597 e. The minimum absolute atomic E-state index is 0.0331. The number of aryl methyl sites for hydroxylation is 2. The molecule has 2 rings (SSSR count). The summed E-state index contributed by atoms with van der Waals surface area (Å²) in [6, 6.07) is 4.20. The topological polar surface area (TPSA) is 43.8 Å². The molecule has 0 bridgehead atoms. The van der Waals surface area contributed by atoms with E-state index in [4.69, 9.17) is 5.73 Å². The van der Waals surface area contributed by atoms with Gasteiger partial charge in [0.1, 0.15) is 0 Å². The van der Waals surface area contributed by atoms with Crippen LogP contribution in [0.15, 0.2) is 22.9 Å². The SMILES string of the molecule is Cc1cc(C(N)Cc2ccsc2)n(C)n1. The monoisotopic (exact) mass is 221 g/mol. The number of thiophene rings is 1. The molecule has 1 unspecified atom stereocenters. The van der Waals surface area contributed by atoms with Crippen LogP contribution in [-0.2, 0) is 13.5 Å². The third-order valence-electron chi connectivity index (χ3n) is 2.45. The maximum absolute atomic E-state index is 6.14. The number of nitrogens with two attached hydrogens (primary N) is 1. The average molecular weight is 221 g/mol. The second-order valence-electron chi connectivity index (χ2n) is 3.78. The molecule has 0 aliphatic heterocycles. The van der Waals surface area contributed by atoms with Gasteiger partial charge in [-0.3, -0.25) is 4.68 Å². The highest BCUT2D eigenvalue weighted by Gasteiger charge is 2.12. The molecule has 0 aromatic carbocycles. The fourth-order valence-corrected chi connectivity index (χ4v) is 2.43. The lowest BCUT2D eigenvalue weighted by molar-refractivity contribution is 0.616. The summed E-state index contributed by atoms with van der Waals surface area (Å²) in [7, 11) is 1.94. The van der Waals surface area contributed by atoms with Gasteiger partial charge in [-0.1, -0.05) is 0 Å². The summed E-state index contributed by atoms with van der Waals surface area (Å²) >= 11 is 1.71. The lowest BCUT2D eigenvalue weighted by atomic mass is 10.1. The summed E-state index contributed by atoms with van der Waals surface area (Å²) in [4.78, 5) is 0. The van der Waals surface area contributed by atoms with Crippen LogP contribution in [0, 0.1) is 6.92 Å². The Kier molecular flexibility index (Phi) is 2.88. The van der Waals surface area contributed by atoms with Crippen molar-refractivity contribution in [3.63, 3.8) is 0 Å². The first-order valence-corrected chi connectivity index (χ1v) is 5.88. The van der Waals surface area contributed by atoms with Gasteiger partial charge < -0.3 is 5.73 Å². The van der Waals surface area contributed by atoms with Crippen molar-refractivity contribution >= 4 is 11.3 Å². The molecule has 15 heavy (non-hydrogen) atoms. The molecule has 2 aromatic heterocycles. The van der Waals surface area contributed by atoms with E-state index in [1.165, 1.54) is 5.56 Å². The van der Waals surface area contributed by atoms with Crippen LogP contribution in [0.2, 0.25) is 0 Å². The average Bonchev–Trinajstić information content (AvgIpc) is 2.75. The van der Waals surface area contributed by atoms with E-state index in [1.807, 2.05) is 18.7 Å². The van der Waals surface area contributed by atoms with Gasteiger partial charge in [0.25, 0.3) is 0 Å². The van der Waals surface area contributed by atoms with Crippen molar-refractivity contribution in [3.05, 3.63) is 39.8 Å². The normalized spacial score (nSPS) is 13.0. The summed E-state index contributed by atoms with van der Waals surface area (Å²) in [6.45, 7) is 1.99. The Morgan fingerprint density at radius 2 is 2.40 bits per heavy atom. The van der Waals surface area contributed by atoms with Crippen molar-refractivity contribution in [2.45, 2.75) is 19.4 Å². The van der Waals surface area contributed by atoms with E-state index < -0.39 is 0 Å². The predicted molar refractivity (Wildman–Crippen MR) is 62.9 cm³/mol. The van der Waals surface area contributed by atoms with Crippen LogP contribution in [0.5, 0.6) is 0 Å². The Labute approximate surface area is 93.5 Å². The molecule has 0 fully saturated rings. The minimum Gasteiger partial charge on any atom is -0.322 e. The van der Waals surface area contributed by atoms with Gasteiger partial charge in [0, 0.05) is 7.05 Å². The molecule has 0 saturated heterocycles. The highest BCUT2D eigenvalue weighted by molar-refractivity contribution is 7.07. The van der Waals surface area contributed by atoms with Crippen molar-refractivity contribution in [1.29, 1.82) is 0 Å². The van der Waals surface area contributed by atoms with Crippen molar-refractivity contribution in [2.75, 3.05) is 0 Å². The number of hydrogen-bond donors (Lipinski definition) is 1. The Morgan fingerprint density at radius 1 is 1.60 bits per heavy atom. The first-order chi connectivity index (χ1) is 7.16. The molecular weight excluding hydrogens is 206 g/mol. The van der Waals surface area contributed by atoms with Crippen molar-refractivity contribution in [3.8, 4) is 0 Å². The molecule has 0 saturated carbocycles. The molecule has 0 radical (unpaired) electrons. The summed E-state index contributed by atoms with van der Waals surface area (Å²) < 4.78 is 1.87. The molecule has 0 spiro atoms. The van der Waals surface area contributed by atoms with Crippen LogP contribution in [0.4, 0.5) is 0 Å². The second kappa shape index (κ2) is 4.16. The van der Waals surface area contributed by atoms with Crippen molar-refractivity contribution in [2.24, 2.45) is 12.8 Å². The molecule has 80 valence electrons. The zero-order valence-corrected chi connectivity index (χ0v) is 9.79. The van der Waals surface area contributed by atoms with E-state index in [0.29, 0.717) is 0 Å². The summed E-state index contributed by atoms with van der Waals surface area (Å²) in [5.41, 5.74) is 9.56. The Hall–Kier alpha value is -1.13. The highest BCUT2D eigenvalue weighted by atomic mass is 32.1. The van der Waals surface area contributed by atoms with Gasteiger partial charge in [-0.05, 0) is 41.8 Å². The highest BCUT2D eigenvalue weighted by Crippen LogP contribution is 2.17. The van der Waals surface area contributed by atoms with E-state index in [0.717, 1.165) is 17.8 Å². The number of aromatic nitrogens is 2. The van der Waals surface area contributed by atoms with E-state index >= 15 is 0 Å². The quantitative estimate of drug-likeness (QED) is 0.862. The Morgan fingerprint density at radius 3 is 2.93 bits per heavy atom. The number of hydrogen-bond acceptors (Lipinski definition) is 3. The van der Waals surface area contributed by atoms with Crippen molar-refractivity contribution in [1.82, 2.24) is 9.78 Å². The van der Waals surface area contributed by atoms with Crippen LogP contribution >= 0.6 is 11.3 Å². The molecule has 0 amide bonds. The Bertz CT molecular complexity index is 431. The molecule has 2 N–H and O–H groups in total. The summed E-state index contributed by atoms with van der Waals surface area (Å²) in [6.07, 6.45) is 0.877. The fourth-order valence-electron chi connectivity index (χ4n) is 1.74. The first-order valence-electron chi connectivity index (χ1n) is 4.94. The van der Waals surface area contributed by atoms with Gasteiger partial charge in [-0.15, -0.1) is 0 Å². The largest absolute Gasteiger partial charge is 0.322 e. The van der Waals surface area contributed by atoms with Crippen LogP contribution in [0.3, 0.4) is 0 Å². The molecule has 1 atom stereocenters. The lowest BCUT2D eigenvalue weighted by Crippen LogP contribution is -2.16. The summed E-state index contributed by atoms with van der Waals surface area (Å²) in [5.74, 6) is 0. The van der Waals surface area contributed by atoms with Gasteiger partial charge in [-0.2, -0.15) is 16.4 Å². The Balaban J connectivity index is 2.14. The summed E-state index contributed by atoms with van der Waals surface area (Å²) in [5, 5.41) is 8.52.